The Hall–Kier alpha value is -2.37. The Bertz CT molecular complexity index is 904. The Morgan fingerprint density at radius 2 is 2.22 bits per heavy atom. The van der Waals surface area contributed by atoms with Gasteiger partial charge in [0.25, 0.3) is 5.56 Å². The third kappa shape index (κ3) is 2.38. The van der Waals surface area contributed by atoms with Gasteiger partial charge in [0.05, 0.1) is 11.8 Å². The minimum Gasteiger partial charge on any atom is -0.464 e. The predicted molar refractivity (Wildman–Crippen MR) is 89.3 cm³/mol. The summed E-state index contributed by atoms with van der Waals surface area (Å²) in [6.45, 7) is 3.94. The molecule has 1 unspecified atom stereocenters. The lowest BCUT2D eigenvalue weighted by Gasteiger charge is -2.30. The zero-order valence-corrected chi connectivity index (χ0v) is 13.0. The molecule has 3 heterocycles. The van der Waals surface area contributed by atoms with Crippen molar-refractivity contribution in [2.24, 2.45) is 0 Å². The molecule has 5 nitrogen and oxygen atoms in total. The van der Waals surface area contributed by atoms with Crippen molar-refractivity contribution in [3.05, 3.63) is 70.3 Å². The molecule has 3 aromatic rings. The van der Waals surface area contributed by atoms with Crippen LogP contribution in [0.4, 0.5) is 0 Å². The molecular formula is C18H19N3O2. The van der Waals surface area contributed by atoms with Crippen molar-refractivity contribution in [1.29, 1.82) is 0 Å². The van der Waals surface area contributed by atoms with Gasteiger partial charge in [-0.15, -0.1) is 0 Å². The van der Waals surface area contributed by atoms with E-state index in [9.17, 15) is 4.79 Å². The minimum atomic E-state index is -0.302. The van der Waals surface area contributed by atoms with Crippen LogP contribution in [0.25, 0.3) is 11.0 Å². The summed E-state index contributed by atoms with van der Waals surface area (Å²) >= 11 is 0. The first-order chi connectivity index (χ1) is 11.2. The van der Waals surface area contributed by atoms with Crippen LogP contribution in [0.5, 0.6) is 0 Å². The van der Waals surface area contributed by atoms with Gasteiger partial charge >= 0.3 is 0 Å². The van der Waals surface area contributed by atoms with E-state index in [0.717, 1.165) is 35.3 Å². The summed E-state index contributed by atoms with van der Waals surface area (Å²) < 4.78 is 7.22. The van der Waals surface area contributed by atoms with Crippen molar-refractivity contribution in [2.75, 3.05) is 13.2 Å². The van der Waals surface area contributed by atoms with Gasteiger partial charge in [0.2, 0.25) is 0 Å². The fraction of sp³-hybridized carbons (Fsp3) is 0.278. The molecule has 0 aliphatic carbocycles. The lowest BCUT2D eigenvalue weighted by atomic mass is 9.89. The summed E-state index contributed by atoms with van der Waals surface area (Å²) in [5.41, 5.74) is 2.56. The van der Waals surface area contributed by atoms with E-state index >= 15 is 0 Å². The van der Waals surface area contributed by atoms with E-state index in [4.69, 9.17) is 4.42 Å². The Balaban J connectivity index is 1.79. The van der Waals surface area contributed by atoms with Crippen LogP contribution in [-0.2, 0) is 12.1 Å². The fourth-order valence-corrected chi connectivity index (χ4v) is 3.31. The van der Waals surface area contributed by atoms with E-state index in [0.29, 0.717) is 6.54 Å². The molecule has 1 aliphatic rings. The minimum absolute atomic E-state index is 0.0602. The number of nitrogens with one attached hydrogen (secondary N) is 2. The second kappa shape index (κ2) is 5.37. The number of hydrogen-bond acceptors (Lipinski definition) is 4. The quantitative estimate of drug-likeness (QED) is 0.776. The summed E-state index contributed by atoms with van der Waals surface area (Å²) in [5.74, 6) is 0. The zero-order valence-electron chi connectivity index (χ0n) is 13.0. The van der Waals surface area contributed by atoms with Crippen molar-refractivity contribution in [3.63, 3.8) is 0 Å². The second-order valence-electron chi connectivity index (χ2n) is 6.16. The maximum absolute atomic E-state index is 12.4. The van der Waals surface area contributed by atoms with E-state index in [1.54, 1.807) is 10.8 Å². The number of aromatic nitrogens is 1. The number of pyridine rings is 1. The molecule has 1 saturated heterocycles. The zero-order chi connectivity index (χ0) is 15.9. The highest BCUT2D eigenvalue weighted by Crippen LogP contribution is 2.28. The molecule has 5 heteroatoms. The summed E-state index contributed by atoms with van der Waals surface area (Å²) in [6, 6.07) is 11.9. The van der Waals surface area contributed by atoms with Crippen LogP contribution >= 0.6 is 0 Å². The molecular weight excluding hydrogens is 290 g/mol. The van der Waals surface area contributed by atoms with Gasteiger partial charge in [-0.3, -0.25) is 10.1 Å². The van der Waals surface area contributed by atoms with Crippen molar-refractivity contribution in [2.45, 2.75) is 19.0 Å². The molecule has 1 aromatic carbocycles. The van der Waals surface area contributed by atoms with Crippen LogP contribution in [-0.4, -0.2) is 17.8 Å². The molecule has 1 atom stereocenters. The molecule has 23 heavy (non-hydrogen) atoms. The topological polar surface area (TPSA) is 59.2 Å². The molecule has 1 fully saturated rings. The Kier molecular flexibility index (Phi) is 3.32. The van der Waals surface area contributed by atoms with Crippen LogP contribution in [0.15, 0.2) is 58.1 Å². The van der Waals surface area contributed by atoms with Crippen molar-refractivity contribution in [1.82, 2.24) is 15.2 Å². The highest BCUT2D eigenvalue weighted by molar-refractivity contribution is 5.78. The standard InChI is InChI=1S/C18H19N3O2/c1-13-3-2-7-21(17(13)22)11-18(10-19-12-20-18)15-4-5-16-14(9-15)6-8-23-16/h2-9,19-20H,10-12H2,1H3. The van der Waals surface area contributed by atoms with E-state index in [1.165, 1.54) is 0 Å². The van der Waals surface area contributed by atoms with Crippen LogP contribution in [0, 0.1) is 6.92 Å². The fourth-order valence-electron chi connectivity index (χ4n) is 3.31. The number of aryl methyl sites for hydroxylation is 1. The first kappa shape index (κ1) is 14.2. The van der Waals surface area contributed by atoms with Crippen LogP contribution in [0.2, 0.25) is 0 Å². The van der Waals surface area contributed by atoms with Gasteiger partial charge < -0.3 is 14.3 Å². The highest BCUT2D eigenvalue weighted by Gasteiger charge is 2.36. The first-order valence-electron chi connectivity index (χ1n) is 7.78. The van der Waals surface area contributed by atoms with Gasteiger partial charge in [-0.2, -0.15) is 0 Å². The lowest BCUT2D eigenvalue weighted by molar-refractivity contribution is 0.346. The average molecular weight is 309 g/mol. The predicted octanol–water partition coefficient (Wildman–Crippen LogP) is 1.95. The number of nitrogens with zero attached hydrogens (tertiary/aromatic N) is 1. The monoisotopic (exact) mass is 309 g/mol. The molecule has 0 amide bonds. The molecule has 2 N–H and O–H groups in total. The van der Waals surface area contributed by atoms with E-state index < -0.39 is 0 Å². The molecule has 118 valence electrons. The van der Waals surface area contributed by atoms with Gasteiger partial charge in [0.15, 0.2) is 0 Å². The molecule has 0 bridgehead atoms. The number of rotatable bonds is 3. The Morgan fingerprint density at radius 1 is 1.30 bits per heavy atom. The molecule has 0 saturated carbocycles. The maximum Gasteiger partial charge on any atom is 0.253 e. The maximum atomic E-state index is 12.4. The van der Waals surface area contributed by atoms with E-state index in [1.807, 2.05) is 37.4 Å². The summed E-state index contributed by atoms with van der Waals surface area (Å²) in [7, 11) is 0. The van der Waals surface area contributed by atoms with Gasteiger partial charge in [-0.1, -0.05) is 12.1 Å². The van der Waals surface area contributed by atoms with Gasteiger partial charge in [0, 0.05) is 36.9 Å². The summed E-state index contributed by atoms with van der Waals surface area (Å²) in [5, 5.41) is 7.97. The molecule has 0 spiro atoms. The molecule has 2 aromatic heterocycles. The summed E-state index contributed by atoms with van der Waals surface area (Å²) in [4.78, 5) is 12.4. The van der Waals surface area contributed by atoms with Crippen molar-refractivity contribution >= 4 is 11.0 Å². The first-order valence-corrected chi connectivity index (χ1v) is 7.78. The van der Waals surface area contributed by atoms with Crippen LogP contribution < -0.4 is 16.2 Å². The van der Waals surface area contributed by atoms with Gasteiger partial charge in [-0.25, -0.2) is 0 Å². The SMILES string of the molecule is Cc1cccn(CC2(c3ccc4occc4c3)CNCN2)c1=O. The summed E-state index contributed by atoms with van der Waals surface area (Å²) in [6.07, 6.45) is 3.56. The Morgan fingerprint density at radius 3 is 3.04 bits per heavy atom. The lowest BCUT2D eigenvalue weighted by Crippen LogP contribution is -2.45. The Labute approximate surface area is 133 Å². The third-order valence-electron chi connectivity index (χ3n) is 4.63. The van der Waals surface area contributed by atoms with Crippen molar-refractivity contribution < 1.29 is 4.42 Å². The molecule has 4 rings (SSSR count). The number of benzene rings is 1. The van der Waals surface area contributed by atoms with E-state index in [-0.39, 0.29) is 11.1 Å². The largest absolute Gasteiger partial charge is 0.464 e. The number of hydrogen-bond donors (Lipinski definition) is 2. The smallest absolute Gasteiger partial charge is 0.253 e. The molecule has 1 aliphatic heterocycles. The third-order valence-corrected chi connectivity index (χ3v) is 4.63. The normalized spacial score (nSPS) is 21.1. The van der Waals surface area contributed by atoms with Gasteiger partial charge in [0.1, 0.15) is 5.58 Å². The van der Waals surface area contributed by atoms with Gasteiger partial charge in [-0.05, 0) is 36.8 Å². The number of furan rings is 1. The van der Waals surface area contributed by atoms with E-state index in [2.05, 4.69) is 22.8 Å². The number of fused-ring (bicyclic) bond motifs is 1. The van der Waals surface area contributed by atoms with Crippen LogP contribution in [0.1, 0.15) is 11.1 Å². The average Bonchev–Trinajstić information content (AvgIpc) is 3.21. The molecule has 0 radical (unpaired) electrons. The second-order valence-corrected chi connectivity index (χ2v) is 6.16. The van der Waals surface area contributed by atoms with Crippen LogP contribution in [0.3, 0.4) is 0 Å². The highest BCUT2D eigenvalue weighted by atomic mass is 16.3. The van der Waals surface area contributed by atoms with Crippen molar-refractivity contribution in [3.8, 4) is 0 Å².